The van der Waals surface area contributed by atoms with Gasteiger partial charge in [-0.3, -0.25) is 9.80 Å². The van der Waals surface area contributed by atoms with Gasteiger partial charge in [0.1, 0.15) is 17.1 Å². The number of ether oxygens (including phenoxy) is 3. The van der Waals surface area contributed by atoms with E-state index in [0.717, 1.165) is 41.2 Å². The quantitative estimate of drug-likeness (QED) is 0.376. The SMILES string of the molecule is CCOc1cc(CN2CCC3(C2)CN(c2ccc(C(=O)O)cc2)C(=O)O3)cc(OCC)c1-c1ccc(C)cc1. The van der Waals surface area contributed by atoms with Crippen LogP contribution in [0, 0.1) is 6.92 Å². The number of hydrogen-bond donors (Lipinski definition) is 1. The highest BCUT2D eigenvalue weighted by Gasteiger charge is 2.50. The van der Waals surface area contributed by atoms with Crippen LogP contribution in [0.15, 0.2) is 60.7 Å². The van der Waals surface area contributed by atoms with Crippen molar-refractivity contribution in [1.29, 1.82) is 0 Å². The zero-order chi connectivity index (χ0) is 27.6. The highest BCUT2D eigenvalue weighted by molar-refractivity contribution is 5.92. The molecule has 8 heteroatoms. The number of benzene rings is 3. The predicted molar refractivity (Wildman–Crippen MR) is 149 cm³/mol. The zero-order valence-corrected chi connectivity index (χ0v) is 22.6. The van der Waals surface area contributed by atoms with Crippen LogP contribution in [0.2, 0.25) is 0 Å². The van der Waals surface area contributed by atoms with E-state index in [1.807, 2.05) is 13.8 Å². The van der Waals surface area contributed by atoms with Gasteiger partial charge in [0.15, 0.2) is 0 Å². The molecular formula is C31H34N2O6. The Morgan fingerprint density at radius 1 is 0.974 bits per heavy atom. The third-order valence-electron chi connectivity index (χ3n) is 7.26. The molecule has 1 N–H and O–H groups in total. The number of carboxylic acid groups (broad SMARTS) is 1. The second-order valence-corrected chi connectivity index (χ2v) is 10.1. The van der Waals surface area contributed by atoms with Crippen molar-refractivity contribution >= 4 is 17.7 Å². The lowest BCUT2D eigenvalue weighted by atomic mass is 9.99. The summed E-state index contributed by atoms with van der Waals surface area (Å²) in [5.74, 6) is 0.583. The number of rotatable bonds is 9. The first-order valence-electron chi connectivity index (χ1n) is 13.4. The number of carbonyl (C=O) groups is 2. The van der Waals surface area contributed by atoms with E-state index in [4.69, 9.17) is 19.3 Å². The molecule has 204 valence electrons. The maximum atomic E-state index is 12.8. The van der Waals surface area contributed by atoms with Gasteiger partial charge in [0, 0.05) is 31.7 Å². The Morgan fingerprint density at radius 3 is 2.21 bits per heavy atom. The molecule has 0 radical (unpaired) electrons. The molecule has 2 aliphatic rings. The fraction of sp³-hybridized carbons (Fsp3) is 0.355. The van der Waals surface area contributed by atoms with Crippen LogP contribution < -0.4 is 14.4 Å². The Kier molecular flexibility index (Phi) is 7.48. The highest BCUT2D eigenvalue weighted by atomic mass is 16.6. The lowest BCUT2D eigenvalue weighted by Crippen LogP contribution is -2.37. The van der Waals surface area contributed by atoms with E-state index in [9.17, 15) is 9.59 Å². The summed E-state index contributed by atoms with van der Waals surface area (Å²) in [5, 5.41) is 9.16. The number of amides is 1. The monoisotopic (exact) mass is 530 g/mol. The highest BCUT2D eigenvalue weighted by Crippen LogP contribution is 2.41. The van der Waals surface area contributed by atoms with Crippen LogP contribution in [-0.2, 0) is 11.3 Å². The average Bonchev–Trinajstić information content (AvgIpc) is 3.46. The van der Waals surface area contributed by atoms with Crippen LogP contribution in [0.25, 0.3) is 11.1 Å². The predicted octanol–water partition coefficient (Wildman–Crippen LogP) is 5.76. The van der Waals surface area contributed by atoms with E-state index in [0.29, 0.717) is 38.5 Å². The molecule has 3 aromatic rings. The maximum Gasteiger partial charge on any atom is 0.415 e. The fourth-order valence-corrected chi connectivity index (χ4v) is 5.42. The summed E-state index contributed by atoms with van der Waals surface area (Å²) in [6.45, 7) is 9.59. The molecule has 8 nitrogen and oxygen atoms in total. The minimum Gasteiger partial charge on any atom is -0.493 e. The van der Waals surface area contributed by atoms with Gasteiger partial charge in [0.05, 0.1) is 30.9 Å². The first kappa shape index (κ1) is 26.6. The number of carboxylic acids is 1. The molecule has 5 rings (SSSR count). The van der Waals surface area contributed by atoms with Crippen LogP contribution in [0.5, 0.6) is 11.5 Å². The summed E-state index contributed by atoms with van der Waals surface area (Å²) >= 11 is 0. The summed E-state index contributed by atoms with van der Waals surface area (Å²) < 4.78 is 18.1. The minimum absolute atomic E-state index is 0.180. The molecule has 2 fully saturated rings. The van der Waals surface area contributed by atoms with Crippen LogP contribution >= 0.6 is 0 Å². The van der Waals surface area contributed by atoms with Crippen molar-refractivity contribution in [2.45, 2.75) is 39.3 Å². The average molecular weight is 531 g/mol. The number of aryl methyl sites for hydroxylation is 1. The molecule has 0 aromatic heterocycles. The van der Waals surface area contributed by atoms with Crippen molar-refractivity contribution in [3.8, 4) is 22.6 Å². The smallest absolute Gasteiger partial charge is 0.415 e. The number of nitrogens with zero attached hydrogens (tertiary/aromatic N) is 2. The summed E-state index contributed by atoms with van der Waals surface area (Å²) in [4.78, 5) is 27.8. The van der Waals surface area contributed by atoms with E-state index in [2.05, 4.69) is 48.2 Å². The van der Waals surface area contributed by atoms with Gasteiger partial charge in [-0.2, -0.15) is 0 Å². The number of hydrogen-bond acceptors (Lipinski definition) is 6. The molecule has 2 heterocycles. The molecule has 2 aliphatic heterocycles. The molecule has 0 saturated carbocycles. The Morgan fingerprint density at radius 2 is 1.62 bits per heavy atom. The molecule has 0 bridgehead atoms. The van der Waals surface area contributed by atoms with Crippen LogP contribution in [0.3, 0.4) is 0 Å². The largest absolute Gasteiger partial charge is 0.493 e. The number of likely N-dealkylation sites (tertiary alicyclic amines) is 1. The second-order valence-electron chi connectivity index (χ2n) is 10.1. The summed E-state index contributed by atoms with van der Waals surface area (Å²) in [6.07, 6.45) is 0.320. The number of carbonyl (C=O) groups excluding carboxylic acids is 1. The van der Waals surface area contributed by atoms with Crippen molar-refractivity contribution in [2.24, 2.45) is 0 Å². The molecular weight excluding hydrogens is 496 g/mol. The second kappa shape index (κ2) is 11.0. The topological polar surface area (TPSA) is 88.5 Å². The van der Waals surface area contributed by atoms with Crippen LogP contribution in [0.4, 0.5) is 10.5 Å². The van der Waals surface area contributed by atoms with E-state index in [1.54, 1.807) is 17.0 Å². The van der Waals surface area contributed by atoms with Crippen molar-refractivity contribution < 1.29 is 28.9 Å². The molecule has 39 heavy (non-hydrogen) atoms. The number of anilines is 1. The van der Waals surface area contributed by atoms with Gasteiger partial charge in [0.2, 0.25) is 0 Å². The Balaban J connectivity index is 1.34. The third kappa shape index (κ3) is 5.56. The standard InChI is InChI=1S/C31H34N2O6/c1-4-37-26-16-22(17-27(38-5-2)28(26)23-8-6-21(3)7-9-23)18-32-15-14-31(19-32)20-33(30(36)39-31)25-12-10-24(11-13-25)29(34)35/h6-13,16-17H,4-5,14-15,18-20H2,1-3H3,(H,34,35). The van der Waals surface area contributed by atoms with E-state index >= 15 is 0 Å². The zero-order valence-electron chi connectivity index (χ0n) is 22.6. The molecule has 3 aromatic carbocycles. The van der Waals surface area contributed by atoms with Gasteiger partial charge >= 0.3 is 12.1 Å². The minimum atomic E-state index is -1.000. The Labute approximate surface area is 228 Å². The van der Waals surface area contributed by atoms with E-state index < -0.39 is 17.7 Å². The van der Waals surface area contributed by atoms with Gasteiger partial charge in [-0.25, -0.2) is 9.59 Å². The van der Waals surface area contributed by atoms with Crippen LogP contribution in [-0.4, -0.2) is 60.5 Å². The van der Waals surface area contributed by atoms with Gasteiger partial charge in [-0.05, 0) is 68.3 Å². The molecule has 0 aliphatic carbocycles. The third-order valence-corrected chi connectivity index (χ3v) is 7.26. The molecule has 2 saturated heterocycles. The summed E-state index contributed by atoms with van der Waals surface area (Å²) in [5.41, 5.74) is 4.48. The van der Waals surface area contributed by atoms with Gasteiger partial charge < -0.3 is 19.3 Å². The first-order chi connectivity index (χ1) is 18.8. The lowest BCUT2D eigenvalue weighted by molar-refractivity contribution is 0.0628. The summed E-state index contributed by atoms with van der Waals surface area (Å²) in [6, 6.07) is 18.8. The normalized spacial score (nSPS) is 18.9. The van der Waals surface area contributed by atoms with Gasteiger partial charge in [-0.1, -0.05) is 29.8 Å². The number of aromatic carboxylic acids is 1. The lowest BCUT2D eigenvalue weighted by Gasteiger charge is -2.23. The fourth-order valence-electron chi connectivity index (χ4n) is 5.42. The van der Waals surface area contributed by atoms with E-state index in [1.165, 1.54) is 17.7 Å². The van der Waals surface area contributed by atoms with Crippen molar-refractivity contribution in [2.75, 3.05) is 37.7 Å². The van der Waals surface area contributed by atoms with Crippen molar-refractivity contribution in [1.82, 2.24) is 4.90 Å². The van der Waals surface area contributed by atoms with Crippen LogP contribution in [0.1, 0.15) is 41.8 Å². The Bertz CT molecular complexity index is 1330. The molecule has 1 unspecified atom stereocenters. The molecule has 1 spiro atoms. The molecule has 1 amide bonds. The van der Waals surface area contributed by atoms with Gasteiger partial charge in [-0.15, -0.1) is 0 Å². The maximum absolute atomic E-state index is 12.8. The van der Waals surface area contributed by atoms with Crippen molar-refractivity contribution in [3.05, 3.63) is 77.4 Å². The Hall–Kier alpha value is -4.04. The van der Waals surface area contributed by atoms with E-state index in [-0.39, 0.29) is 5.56 Å². The first-order valence-corrected chi connectivity index (χ1v) is 13.4. The molecule has 1 atom stereocenters. The summed E-state index contributed by atoms with van der Waals surface area (Å²) in [7, 11) is 0. The van der Waals surface area contributed by atoms with Crippen molar-refractivity contribution in [3.63, 3.8) is 0 Å². The van der Waals surface area contributed by atoms with Gasteiger partial charge in [0.25, 0.3) is 0 Å².